The van der Waals surface area contributed by atoms with Gasteiger partial charge in [0.15, 0.2) is 0 Å². The topological polar surface area (TPSA) is 55.4 Å². The SMILES string of the molecule is CC(C)(C)CNC(=O)CCC(=O)OC(C)(C)C. The van der Waals surface area contributed by atoms with E-state index in [9.17, 15) is 9.59 Å². The molecule has 0 unspecified atom stereocenters. The molecule has 0 aliphatic carbocycles. The molecule has 0 atom stereocenters. The van der Waals surface area contributed by atoms with Crippen LogP contribution in [-0.2, 0) is 14.3 Å². The van der Waals surface area contributed by atoms with Crippen molar-refractivity contribution >= 4 is 11.9 Å². The lowest BCUT2D eigenvalue weighted by molar-refractivity contribution is -0.155. The molecule has 1 amide bonds. The van der Waals surface area contributed by atoms with E-state index in [1.54, 1.807) is 0 Å². The molecule has 0 aliphatic rings. The van der Waals surface area contributed by atoms with Gasteiger partial charge in [0.1, 0.15) is 5.60 Å². The molecule has 0 saturated carbocycles. The first-order chi connectivity index (χ1) is 7.49. The zero-order valence-corrected chi connectivity index (χ0v) is 11.8. The molecule has 4 heteroatoms. The van der Waals surface area contributed by atoms with Crippen molar-refractivity contribution in [3.8, 4) is 0 Å². The zero-order valence-electron chi connectivity index (χ0n) is 11.8. The lowest BCUT2D eigenvalue weighted by Gasteiger charge is -2.20. The van der Waals surface area contributed by atoms with E-state index >= 15 is 0 Å². The van der Waals surface area contributed by atoms with E-state index in [4.69, 9.17) is 4.74 Å². The standard InChI is InChI=1S/C13H25NO3/c1-12(2,3)9-14-10(15)7-8-11(16)17-13(4,5)6/h7-9H2,1-6H3,(H,14,15). The molecule has 4 nitrogen and oxygen atoms in total. The monoisotopic (exact) mass is 243 g/mol. The van der Waals surface area contributed by atoms with E-state index in [0.717, 1.165) is 0 Å². The van der Waals surface area contributed by atoms with Crippen LogP contribution in [0.15, 0.2) is 0 Å². The van der Waals surface area contributed by atoms with Gasteiger partial charge in [-0.2, -0.15) is 0 Å². The van der Waals surface area contributed by atoms with Gasteiger partial charge in [-0.05, 0) is 26.2 Å². The minimum absolute atomic E-state index is 0.0571. The predicted molar refractivity (Wildman–Crippen MR) is 67.5 cm³/mol. The molecule has 0 aromatic carbocycles. The number of esters is 1. The first kappa shape index (κ1) is 15.9. The lowest BCUT2D eigenvalue weighted by atomic mass is 9.97. The minimum Gasteiger partial charge on any atom is -0.460 e. The second-order valence-corrected chi connectivity index (χ2v) is 6.42. The molecule has 0 saturated heterocycles. The maximum atomic E-state index is 11.4. The first-order valence-corrected chi connectivity index (χ1v) is 5.98. The van der Waals surface area contributed by atoms with Crippen LogP contribution in [0.5, 0.6) is 0 Å². The van der Waals surface area contributed by atoms with Gasteiger partial charge in [-0.3, -0.25) is 9.59 Å². The molecule has 1 N–H and O–H groups in total. The molecule has 100 valence electrons. The van der Waals surface area contributed by atoms with Crippen molar-refractivity contribution in [3.05, 3.63) is 0 Å². The lowest BCUT2D eigenvalue weighted by Crippen LogP contribution is -2.32. The van der Waals surface area contributed by atoms with Crippen LogP contribution in [0, 0.1) is 5.41 Å². The summed E-state index contributed by atoms with van der Waals surface area (Å²) in [7, 11) is 0. The largest absolute Gasteiger partial charge is 0.460 e. The summed E-state index contributed by atoms with van der Waals surface area (Å²) in [5.74, 6) is -0.436. The van der Waals surface area contributed by atoms with Gasteiger partial charge >= 0.3 is 5.97 Å². The van der Waals surface area contributed by atoms with Gasteiger partial charge in [0.05, 0.1) is 6.42 Å². The fourth-order valence-corrected chi connectivity index (χ4v) is 1.06. The highest BCUT2D eigenvalue weighted by Crippen LogP contribution is 2.11. The van der Waals surface area contributed by atoms with E-state index in [1.807, 2.05) is 41.5 Å². The second-order valence-electron chi connectivity index (χ2n) is 6.42. The highest BCUT2D eigenvalue weighted by atomic mass is 16.6. The molecule has 0 aromatic rings. The molecule has 0 spiro atoms. The Labute approximate surface area is 104 Å². The number of amides is 1. The fraction of sp³-hybridized carbons (Fsp3) is 0.846. The molecular weight excluding hydrogens is 218 g/mol. The first-order valence-electron chi connectivity index (χ1n) is 5.98. The third kappa shape index (κ3) is 11.2. The van der Waals surface area contributed by atoms with Crippen molar-refractivity contribution in [3.63, 3.8) is 0 Å². The zero-order chi connectivity index (χ0) is 13.7. The Hall–Kier alpha value is -1.06. The maximum Gasteiger partial charge on any atom is 0.306 e. The average molecular weight is 243 g/mol. The normalized spacial score (nSPS) is 12.1. The molecule has 0 heterocycles. The van der Waals surface area contributed by atoms with Gasteiger partial charge in [-0.1, -0.05) is 20.8 Å². The van der Waals surface area contributed by atoms with E-state index in [2.05, 4.69) is 5.32 Å². The number of nitrogens with one attached hydrogen (secondary N) is 1. The van der Waals surface area contributed by atoms with Gasteiger partial charge < -0.3 is 10.1 Å². The summed E-state index contributed by atoms with van der Waals surface area (Å²) < 4.78 is 5.11. The minimum atomic E-state index is -0.487. The molecule has 17 heavy (non-hydrogen) atoms. The summed E-state index contributed by atoms with van der Waals surface area (Å²) in [6, 6.07) is 0. The van der Waals surface area contributed by atoms with Crippen LogP contribution >= 0.6 is 0 Å². The van der Waals surface area contributed by atoms with Crippen LogP contribution in [0.2, 0.25) is 0 Å². The molecular formula is C13H25NO3. The third-order valence-corrected chi connectivity index (χ3v) is 1.79. The quantitative estimate of drug-likeness (QED) is 0.771. The van der Waals surface area contributed by atoms with Crippen molar-refractivity contribution in [1.82, 2.24) is 5.32 Å². The third-order valence-electron chi connectivity index (χ3n) is 1.79. The van der Waals surface area contributed by atoms with E-state index < -0.39 is 5.60 Å². The highest BCUT2D eigenvalue weighted by Gasteiger charge is 2.17. The summed E-state index contributed by atoms with van der Waals surface area (Å²) in [6.07, 6.45) is 0.318. The molecule has 0 bridgehead atoms. The summed E-state index contributed by atoms with van der Waals surface area (Å²) in [5.41, 5.74) is -0.430. The van der Waals surface area contributed by atoms with E-state index in [-0.39, 0.29) is 30.1 Å². The summed E-state index contributed by atoms with van der Waals surface area (Å²) in [4.78, 5) is 22.8. The molecule has 0 radical (unpaired) electrons. The van der Waals surface area contributed by atoms with Gasteiger partial charge in [0.25, 0.3) is 0 Å². The average Bonchev–Trinajstić information content (AvgIpc) is 2.07. The number of carbonyl (C=O) groups is 2. The Morgan fingerprint density at radius 3 is 1.94 bits per heavy atom. The molecule has 0 aliphatic heterocycles. The van der Waals surface area contributed by atoms with Crippen molar-refractivity contribution in [2.24, 2.45) is 5.41 Å². The summed E-state index contributed by atoms with van der Waals surface area (Å²) in [6.45, 7) is 12.2. The van der Waals surface area contributed by atoms with Gasteiger partial charge in [-0.25, -0.2) is 0 Å². The van der Waals surface area contributed by atoms with Crippen LogP contribution in [0.4, 0.5) is 0 Å². The Balaban J connectivity index is 3.82. The van der Waals surface area contributed by atoms with Crippen molar-refractivity contribution < 1.29 is 14.3 Å². The van der Waals surface area contributed by atoms with Gasteiger partial charge in [0, 0.05) is 13.0 Å². The van der Waals surface area contributed by atoms with Crippen molar-refractivity contribution in [2.45, 2.75) is 60.0 Å². The number of hydrogen-bond acceptors (Lipinski definition) is 3. The van der Waals surface area contributed by atoms with Crippen molar-refractivity contribution in [2.75, 3.05) is 6.54 Å². The van der Waals surface area contributed by atoms with Gasteiger partial charge in [0.2, 0.25) is 5.91 Å². The number of carbonyl (C=O) groups excluding carboxylic acids is 2. The van der Waals surface area contributed by atoms with Crippen LogP contribution in [0.3, 0.4) is 0 Å². The van der Waals surface area contributed by atoms with Gasteiger partial charge in [-0.15, -0.1) is 0 Å². The van der Waals surface area contributed by atoms with E-state index in [0.29, 0.717) is 6.54 Å². The Morgan fingerprint density at radius 1 is 1.00 bits per heavy atom. The summed E-state index contributed by atoms with van der Waals surface area (Å²) >= 11 is 0. The molecule has 0 rings (SSSR count). The van der Waals surface area contributed by atoms with Crippen LogP contribution in [-0.4, -0.2) is 24.0 Å². The Morgan fingerprint density at radius 2 is 1.53 bits per heavy atom. The Kier molecular flexibility index (Phi) is 5.66. The second kappa shape index (κ2) is 6.03. The Bertz CT molecular complexity index is 271. The van der Waals surface area contributed by atoms with Crippen LogP contribution in [0.1, 0.15) is 54.4 Å². The number of ether oxygens (including phenoxy) is 1. The smallest absolute Gasteiger partial charge is 0.306 e. The van der Waals surface area contributed by atoms with Crippen molar-refractivity contribution in [1.29, 1.82) is 0 Å². The maximum absolute atomic E-state index is 11.4. The molecule has 0 fully saturated rings. The number of rotatable bonds is 4. The van der Waals surface area contributed by atoms with Crippen LogP contribution < -0.4 is 5.32 Å². The number of hydrogen-bond donors (Lipinski definition) is 1. The fourth-order valence-electron chi connectivity index (χ4n) is 1.06. The van der Waals surface area contributed by atoms with E-state index in [1.165, 1.54) is 0 Å². The van der Waals surface area contributed by atoms with Crippen LogP contribution in [0.25, 0.3) is 0 Å². The summed E-state index contributed by atoms with van der Waals surface area (Å²) in [5, 5.41) is 2.79. The highest BCUT2D eigenvalue weighted by molar-refractivity contribution is 5.81. The molecule has 0 aromatic heterocycles. The predicted octanol–water partition coefficient (Wildman–Crippen LogP) is 2.27.